The van der Waals surface area contributed by atoms with Crippen LogP contribution in [-0.2, 0) is 22.7 Å². The number of thiophene rings is 1. The average Bonchev–Trinajstić information content (AvgIpc) is 3.08. The summed E-state index contributed by atoms with van der Waals surface area (Å²) in [5.74, 6) is -0.423. The first-order valence-corrected chi connectivity index (χ1v) is 14.1. The van der Waals surface area contributed by atoms with Gasteiger partial charge < -0.3 is 4.90 Å². The summed E-state index contributed by atoms with van der Waals surface area (Å²) in [4.78, 5) is 42.3. The largest absolute Gasteiger partial charge is 0.304 e. The highest BCUT2D eigenvalue weighted by Crippen LogP contribution is 2.63. The van der Waals surface area contributed by atoms with Gasteiger partial charge in [-0.25, -0.2) is 9.97 Å². The Morgan fingerprint density at radius 3 is 2.51 bits per heavy atom. The van der Waals surface area contributed by atoms with Crippen molar-refractivity contribution in [3.05, 3.63) is 45.6 Å². The van der Waals surface area contributed by atoms with Crippen LogP contribution < -0.4 is 0 Å². The molecule has 0 radical (unpaired) electrons. The van der Waals surface area contributed by atoms with Crippen LogP contribution in [0.15, 0.2) is 24.5 Å². The quantitative estimate of drug-likeness (QED) is 0.443. The van der Waals surface area contributed by atoms with Crippen molar-refractivity contribution in [3.8, 4) is 11.3 Å². The third-order valence-electron chi connectivity index (χ3n) is 8.59. The predicted molar refractivity (Wildman–Crippen MR) is 146 cm³/mol. The van der Waals surface area contributed by atoms with Crippen LogP contribution in [-0.4, -0.2) is 69.2 Å². The molecule has 3 unspecified atom stereocenters. The summed E-state index contributed by atoms with van der Waals surface area (Å²) in [5.41, 5.74) is 4.87. The van der Waals surface area contributed by atoms with Gasteiger partial charge in [0.25, 0.3) is 0 Å². The number of imide groups is 1. The Hall–Kier alpha value is -2.39. The number of aryl methyl sites for hydroxylation is 1. The van der Waals surface area contributed by atoms with Crippen molar-refractivity contribution in [2.45, 2.75) is 46.8 Å². The van der Waals surface area contributed by atoms with Crippen molar-refractivity contribution in [1.82, 2.24) is 24.7 Å². The highest BCUT2D eigenvalue weighted by Gasteiger charge is 2.72. The molecule has 3 aliphatic rings. The zero-order valence-electron chi connectivity index (χ0n) is 21.9. The molecule has 1 aromatic carbocycles. The summed E-state index contributed by atoms with van der Waals surface area (Å²) in [5, 5.41) is 0.682. The number of carbonyl (C=O) groups is 2. The molecule has 0 N–H and O–H groups in total. The second-order valence-electron chi connectivity index (χ2n) is 11.5. The monoisotopic (exact) mass is 537 g/mol. The predicted octanol–water partition coefficient (Wildman–Crippen LogP) is 4.60. The highest BCUT2D eigenvalue weighted by molar-refractivity contribution is 7.19. The summed E-state index contributed by atoms with van der Waals surface area (Å²) < 4.78 is 0.955. The van der Waals surface area contributed by atoms with Crippen LogP contribution in [0.1, 0.15) is 36.8 Å². The second kappa shape index (κ2) is 8.83. The number of carbonyl (C=O) groups excluding carboxylic acids is 2. The number of aromatic nitrogens is 2. The van der Waals surface area contributed by atoms with Crippen molar-refractivity contribution in [1.29, 1.82) is 0 Å². The van der Waals surface area contributed by atoms with Gasteiger partial charge in [0.1, 0.15) is 6.33 Å². The van der Waals surface area contributed by atoms with E-state index in [1.54, 1.807) is 17.7 Å². The second-order valence-corrected chi connectivity index (χ2v) is 13.1. The van der Waals surface area contributed by atoms with E-state index in [9.17, 15) is 9.59 Å². The van der Waals surface area contributed by atoms with Gasteiger partial charge in [-0.1, -0.05) is 25.4 Å². The number of hydrogen-bond donors (Lipinski definition) is 0. The van der Waals surface area contributed by atoms with Crippen LogP contribution >= 0.6 is 22.9 Å². The molecule has 9 heteroatoms. The number of amides is 2. The van der Waals surface area contributed by atoms with Crippen LogP contribution in [0.3, 0.4) is 0 Å². The molecule has 194 valence electrons. The van der Waals surface area contributed by atoms with Crippen LogP contribution in [0.4, 0.5) is 0 Å². The topological polar surface area (TPSA) is 69.6 Å². The number of piperidine rings is 1. The summed E-state index contributed by atoms with van der Waals surface area (Å²) in [7, 11) is 2.17. The highest BCUT2D eigenvalue weighted by atomic mass is 35.5. The maximum atomic E-state index is 12.9. The lowest BCUT2D eigenvalue weighted by atomic mass is 9.97. The number of halogens is 1. The van der Waals surface area contributed by atoms with Gasteiger partial charge in [0.2, 0.25) is 11.8 Å². The van der Waals surface area contributed by atoms with Crippen molar-refractivity contribution >= 4 is 45.0 Å². The Labute approximate surface area is 226 Å². The van der Waals surface area contributed by atoms with E-state index in [2.05, 4.69) is 35.7 Å². The molecule has 3 fully saturated rings. The number of fused-ring (bicyclic) bond motifs is 2. The number of hydrogen-bond acceptors (Lipinski definition) is 7. The standard InChI is InChI=1S/C28H32ClN5O2S/c1-15-8-17(29)9-19(20(15)13-33-7-6-32(5)11-16(33)2)24-25-21(30-14-31-24)10-18(37-25)12-34-26(35)22-23(27(34)36)28(22,3)4/h8-10,14,16,22-23H,6-7,11-13H2,1-5H3. The average molecular weight is 538 g/mol. The Bertz CT molecular complexity index is 1410. The van der Waals surface area contributed by atoms with Gasteiger partial charge in [0.15, 0.2) is 0 Å². The van der Waals surface area contributed by atoms with Crippen molar-refractivity contribution < 1.29 is 9.59 Å². The molecule has 1 aliphatic carbocycles. The van der Waals surface area contributed by atoms with Gasteiger partial charge >= 0.3 is 0 Å². The Kier molecular flexibility index (Phi) is 5.95. The Balaban J connectivity index is 1.34. The van der Waals surface area contributed by atoms with E-state index in [4.69, 9.17) is 16.6 Å². The molecular formula is C28H32ClN5O2S. The number of likely N-dealkylation sites (tertiary alicyclic amines) is 1. The van der Waals surface area contributed by atoms with Crippen molar-refractivity contribution in [2.75, 3.05) is 26.7 Å². The van der Waals surface area contributed by atoms with E-state index in [0.717, 1.165) is 58.1 Å². The molecule has 0 bridgehead atoms. The van der Waals surface area contributed by atoms with Crippen LogP contribution in [0.25, 0.3) is 21.5 Å². The van der Waals surface area contributed by atoms with Crippen LogP contribution in [0.2, 0.25) is 5.02 Å². The van der Waals surface area contributed by atoms with E-state index in [-0.39, 0.29) is 29.1 Å². The molecular weight excluding hydrogens is 506 g/mol. The molecule has 6 rings (SSSR count). The SMILES string of the molecule is Cc1cc(Cl)cc(-c2ncnc3cc(CN4C(=O)C5C(C4=O)C5(C)C)sc23)c1CN1CCN(C)CC1C. The number of benzene rings is 1. The summed E-state index contributed by atoms with van der Waals surface area (Å²) in [6.07, 6.45) is 1.59. The summed E-state index contributed by atoms with van der Waals surface area (Å²) in [6.45, 7) is 12.6. The molecule has 0 spiro atoms. The maximum absolute atomic E-state index is 12.9. The molecule has 3 atom stereocenters. The molecule has 2 amide bonds. The minimum atomic E-state index is -0.203. The minimum Gasteiger partial charge on any atom is -0.304 e. The molecule has 2 aliphatic heterocycles. The first-order chi connectivity index (χ1) is 17.6. The van der Waals surface area contributed by atoms with Crippen LogP contribution in [0.5, 0.6) is 0 Å². The Morgan fingerprint density at radius 1 is 1.08 bits per heavy atom. The Morgan fingerprint density at radius 2 is 1.81 bits per heavy atom. The molecule has 2 saturated heterocycles. The zero-order valence-corrected chi connectivity index (χ0v) is 23.5. The van der Waals surface area contributed by atoms with E-state index >= 15 is 0 Å². The fourth-order valence-electron chi connectivity index (χ4n) is 6.30. The first-order valence-electron chi connectivity index (χ1n) is 12.9. The summed E-state index contributed by atoms with van der Waals surface area (Å²) >= 11 is 8.12. The van der Waals surface area contributed by atoms with E-state index < -0.39 is 0 Å². The molecule has 4 heterocycles. The maximum Gasteiger partial charge on any atom is 0.234 e. The van der Waals surface area contributed by atoms with Crippen LogP contribution in [0, 0.1) is 24.2 Å². The number of rotatable bonds is 5. The fraction of sp³-hybridized carbons (Fsp3) is 0.500. The third kappa shape index (κ3) is 4.09. The van der Waals surface area contributed by atoms with Crippen molar-refractivity contribution in [3.63, 3.8) is 0 Å². The number of likely N-dealkylation sites (N-methyl/N-ethyl adjacent to an activating group) is 1. The first kappa shape index (κ1) is 24.9. The molecule has 3 aromatic rings. The van der Waals surface area contributed by atoms with Crippen molar-refractivity contribution in [2.24, 2.45) is 17.3 Å². The number of nitrogens with zero attached hydrogens (tertiary/aromatic N) is 5. The van der Waals surface area contributed by atoms with Gasteiger partial charge in [0.05, 0.1) is 34.3 Å². The molecule has 1 saturated carbocycles. The van der Waals surface area contributed by atoms with E-state index in [1.165, 1.54) is 10.5 Å². The lowest BCUT2D eigenvalue weighted by molar-refractivity contribution is -0.143. The molecule has 2 aromatic heterocycles. The third-order valence-corrected chi connectivity index (χ3v) is 9.92. The molecule has 7 nitrogen and oxygen atoms in total. The normalized spacial score (nSPS) is 25.8. The van der Waals surface area contributed by atoms with Gasteiger partial charge in [-0.15, -0.1) is 11.3 Å². The summed E-state index contributed by atoms with van der Waals surface area (Å²) in [6, 6.07) is 6.47. The smallest absolute Gasteiger partial charge is 0.234 e. The van der Waals surface area contributed by atoms with E-state index in [1.807, 2.05) is 32.0 Å². The molecule has 37 heavy (non-hydrogen) atoms. The lowest BCUT2D eigenvalue weighted by Crippen LogP contribution is -2.49. The van der Waals surface area contributed by atoms with Gasteiger partial charge in [-0.3, -0.25) is 19.4 Å². The zero-order chi connectivity index (χ0) is 26.2. The van der Waals surface area contributed by atoms with Gasteiger partial charge in [-0.05, 0) is 55.6 Å². The minimum absolute atomic E-state index is 0.0437. The fourth-order valence-corrected chi connectivity index (χ4v) is 7.67. The lowest BCUT2D eigenvalue weighted by Gasteiger charge is -2.38. The van der Waals surface area contributed by atoms with Gasteiger partial charge in [-0.2, -0.15) is 0 Å². The number of piperazine rings is 1. The van der Waals surface area contributed by atoms with E-state index in [0.29, 0.717) is 17.6 Å². The van der Waals surface area contributed by atoms with Gasteiger partial charge in [0, 0.05) is 47.7 Å².